The van der Waals surface area contributed by atoms with Crippen LogP contribution in [-0.4, -0.2) is 9.13 Å². The van der Waals surface area contributed by atoms with Crippen LogP contribution in [0.1, 0.15) is 11.1 Å². The van der Waals surface area contributed by atoms with Crippen LogP contribution in [0.25, 0.3) is 0 Å². The van der Waals surface area contributed by atoms with E-state index in [1.54, 1.807) is 0 Å². The Bertz CT molecular complexity index is 784. The molecular formula is C13H10FN3O2. The number of nitrogens with zero attached hydrogens (tertiary/aromatic N) is 3. The van der Waals surface area contributed by atoms with Crippen molar-refractivity contribution in [2.45, 2.75) is 6.54 Å². The lowest BCUT2D eigenvalue weighted by atomic mass is 10.1. The molecule has 2 rings (SSSR count). The summed E-state index contributed by atoms with van der Waals surface area (Å²) in [5.41, 5.74) is -0.748. The van der Waals surface area contributed by atoms with Gasteiger partial charge in [0.25, 0.3) is 0 Å². The second kappa shape index (κ2) is 4.90. The summed E-state index contributed by atoms with van der Waals surface area (Å²) in [5.74, 6) is -0.495. The van der Waals surface area contributed by atoms with E-state index >= 15 is 0 Å². The van der Waals surface area contributed by atoms with Gasteiger partial charge in [0, 0.05) is 19.4 Å². The third kappa shape index (κ3) is 2.45. The molecule has 0 unspecified atom stereocenters. The van der Waals surface area contributed by atoms with E-state index in [0.29, 0.717) is 5.56 Å². The number of hydrogen-bond acceptors (Lipinski definition) is 3. The SMILES string of the molecule is Cn1ccn(Cc2cc(F)ccc2C#N)c(=O)c1=O. The van der Waals surface area contributed by atoms with Crippen LogP contribution < -0.4 is 11.1 Å². The molecule has 6 heteroatoms. The Labute approximate surface area is 107 Å². The average molecular weight is 259 g/mol. The van der Waals surface area contributed by atoms with Crippen LogP contribution in [0.15, 0.2) is 40.2 Å². The molecule has 0 N–H and O–H groups in total. The highest BCUT2D eigenvalue weighted by Crippen LogP contribution is 2.11. The molecule has 0 aliphatic carbocycles. The first kappa shape index (κ1) is 12.8. The van der Waals surface area contributed by atoms with E-state index < -0.39 is 16.9 Å². The van der Waals surface area contributed by atoms with Crippen LogP contribution in [0.4, 0.5) is 4.39 Å². The van der Waals surface area contributed by atoms with Gasteiger partial charge >= 0.3 is 11.1 Å². The number of aromatic nitrogens is 2. The molecule has 1 aromatic carbocycles. The Morgan fingerprint density at radius 2 is 2.00 bits per heavy atom. The van der Waals surface area contributed by atoms with Crippen molar-refractivity contribution in [3.8, 4) is 6.07 Å². The van der Waals surface area contributed by atoms with Gasteiger partial charge in [-0.1, -0.05) is 0 Å². The minimum atomic E-state index is -0.710. The quantitative estimate of drug-likeness (QED) is 0.742. The summed E-state index contributed by atoms with van der Waals surface area (Å²) in [7, 11) is 1.47. The summed E-state index contributed by atoms with van der Waals surface area (Å²) in [4.78, 5) is 23.2. The molecule has 0 saturated carbocycles. The topological polar surface area (TPSA) is 67.8 Å². The fraction of sp³-hybridized carbons (Fsp3) is 0.154. The van der Waals surface area contributed by atoms with Crippen LogP contribution in [0.5, 0.6) is 0 Å². The molecule has 1 aromatic heterocycles. The van der Waals surface area contributed by atoms with Crippen LogP contribution in [-0.2, 0) is 13.6 Å². The van der Waals surface area contributed by atoms with E-state index in [0.717, 1.165) is 9.13 Å². The summed E-state index contributed by atoms with van der Waals surface area (Å²) in [5, 5.41) is 8.93. The Balaban J connectivity index is 2.51. The summed E-state index contributed by atoms with van der Waals surface area (Å²) in [6.07, 6.45) is 2.87. The highest BCUT2D eigenvalue weighted by atomic mass is 19.1. The molecule has 0 aliphatic heterocycles. The van der Waals surface area contributed by atoms with Gasteiger partial charge in [-0.25, -0.2) is 4.39 Å². The molecule has 0 amide bonds. The van der Waals surface area contributed by atoms with Gasteiger partial charge in [0.1, 0.15) is 5.82 Å². The zero-order chi connectivity index (χ0) is 14.0. The fourth-order valence-corrected chi connectivity index (χ4v) is 1.70. The van der Waals surface area contributed by atoms with Gasteiger partial charge in [0.05, 0.1) is 18.2 Å². The maximum Gasteiger partial charge on any atom is 0.316 e. The first-order valence-corrected chi connectivity index (χ1v) is 5.47. The lowest BCUT2D eigenvalue weighted by Gasteiger charge is -2.08. The van der Waals surface area contributed by atoms with E-state index in [1.807, 2.05) is 6.07 Å². The molecule has 5 nitrogen and oxygen atoms in total. The molecule has 0 spiro atoms. The van der Waals surface area contributed by atoms with Crippen molar-refractivity contribution in [3.05, 3.63) is 68.2 Å². The summed E-state index contributed by atoms with van der Waals surface area (Å²) in [6, 6.07) is 5.63. The predicted molar refractivity (Wildman–Crippen MR) is 66.2 cm³/mol. The maximum atomic E-state index is 13.2. The molecule has 0 atom stereocenters. The average Bonchev–Trinajstić information content (AvgIpc) is 2.40. The minimum Gasteiger partial charge on any atom is -0.312 e. The molecule has 19 heavy (non-hydrogen) atoms. The van der Waals surface area contributed by atoms with Gasteiger partial charge in [-0.15, -0.1) is 0 Å². The summed E-state index contributed by atoms with van der Waals surface area (Å²) < 4.78 is 15.5. The number of hydrogen-bond donors (Lipinski definition) is 0. The second-order valence-corrected chi connectivity index (χ2v) is 4.06. The lowest BCUT2D eigenvalue weighted by Crippen LogP contribution is -2.39. The fourth-order valence-electron chi connectivity index (χ4n) is 1.70. The monoisotopic (exact) mass is 259 g/mol. The van der Waals surface area contributed by atoms with Crippen molar-refractivity contribution >= 4 is 0 Å². The molecule has 0 bridgehead atoms. The maximum absolute atomic E-state index is 13.2. The van der Waals surface area contributed by atoms with Gasteiger partial charge < -0.3 is 9.13 Å². The molecule has 0 radical (unpaired) electrons. The van der Waals surface area contributed by atoms with Crippen LogP contribution in [0, 0.1) is 17.1 Å². The largest absolute Gasteiger partial charge is 0.316 e. The van der Waals surface area contributed by atoms with Gasteiger partial charge in [-0.2, -0.15) is 5.26 Å². The summed E-state index contributed by atoms with van der Waals surface area (Å²) >= 11 is 0. The zero-order valence-electron chi connectivity index (χ0n) is 10.1. The smallest absolute Gasteiger partial charge is 0.312 e. The molecule has 2 aromatic rings. The van der Waals surface area contributed by atoms with Crippen molar-refractivity contribution in [1.82, 2.24) is 9.13 Å². The Kier molecular flexibility index (Phi) is 3.29. The minimum absolute atomic E-state index is 0.0183. The molecule has 0 fully saturated rings. The number of halogens is 1. The molecule has 0 aliphatic rings. The Morgan fingerprint density at radius 3 is 2.68 bits per heavy atom. The number of aryl methyl sites for hydroxylation is 1. The van der Waals surface area contributed by atoms with Crippen LogP contribution in [0.2, 0.25) is 0 Å². The predicted octanol–water partition coefficient (Wildman–Crippen LogP) is 0.606. The van der Waals surface area contributed by atoms with E-state index in [4.69, 9.17) is 5.26 Å². The first-order chi connectivity index (χ1) is 9.02. The molecular weight excluding hydrogens is 249 g/mol. The van der Waals surface area contributed by atoms with Gasteiger partial charge in [0.2, 0.25) is 0 Å². The molecule has 0 saturated heterocycles. The number of benzene rings is 1. The van der Waals surface area contributed by atoms with Crippen LogP contribution in [0.3, 0.4) is 0 Å². The van der Waals surface area contributed by atoms with Crippen molar-refractivity contribution in [2.75, 3.05) is 0 Å². The van der Waals surface area contributed by atoms with E-state index in [-0.39, 0.29) is 12.1 Å². The standard InChI is InChI=1S/C13H10FN3O2/c1-16-4-5-17(13(19)12(16)18)8-10-6-11(14)3-2-9(10)7-15/h2-6H,8H2,1H3. The summed E-state index contributed by atoms with van der Waals surface area (Å²) in [6.45, 7) is -0.0183. The van der Waals surface area contributed by atoms with Crippen molar-refractivity contribution in [3.63, 3.8) is 0 Å². The number of nitriles is 1. The lowest BCUT2D eigenvalue weighted by molar-refractivity contribution is 0.621. The normalized spacial score (nSPS) is 10.2. The van der Waals surface area contributed by atoms with E-state index in [1.165, 1.54) is 37.6 Å². The van der Waals surface area contributed by atoms with Crippen molar-refractivity contribution in [1.29, 1.82) is 5.26 Å². The van der Waals surface area contributed by atoms with Gasteiger partial charge in [0.15, 0.2) is 0 Å². The van der Waals surface area contributed by atoms with Gasteiger partial charge in [-0.05, 0) is 23.8 Å². The molecule has 1 heterocycles. The second-order valence-electron chi connectivity index (χ2n) is 4.06. The van der Waals surface area contributed by atoms with Gasteiger partial charge in [-0.3, -0.25) is 9.59 Å². The van der Waals surface area contributed by atoms with E-state index in [2.05, 4.69) is 0 Å². The zero-order valence-corrected chi connectivity index (χ0v) is 10.1. The first-order valence-electron chi connectivity index (χ1n) is 5.47. The van der Waals surface area contributed by atoms with E-state index in [9.17, 15) is 14.0 Å². The number of rotatable bonds is 2. The van der Waals surface area contributed by atoms with Crippen LogP contribution >= 0.6 is 0 Å². The third-order valence-corrected chi connectivity index (χ3v) is 2.76. The highest BCUT2D eigenvalue weighted by Gasteiger charge is 2.08. The Morgan fingerprint density at radius 1 is 1.26 bits per heavy atom. The highest BCUT2D eigenvalue weighted by molar-refractivity contribution is 5.37. The van der Waals surface area contributed by atoms with Crippen molar-refractivity contribution < 1.29 is 4.39 Å². The molecule has 96 valence electrons. The van der Waals surface area contributed by atoms with Crippen molar-refractivity contribution in [2.24, 2.45) is 7.05 Å². The third-order valence-electron chi connectivity index (χ3n) is 2.76. The Hall–Kier alpha value is -2.68.